The van der Waals surface area contributed by atoms with Crippen LogP contribution in [0.3, 0.4) is 0 Å². The first-order chi connectivity index (χ1) is 8.20. The summed E-state index contributed by atoms with van der Waals surface area (Å²) < 4.78 is 6.06. The van der Waals surface area contributed by atoms with Crippen LogP contribution in [0.2, 0.25) is 0 Å². The lowest BCUT2D eigenvalue weighted by Crippen LogP contribution is -2.52. The zero-order valence-electron chi connectivity index (χ0n) is 12.0. The van der Waals surface area contributed by atoms with Crippen molar-refractivity contribution in [2.24, 2.45) is 0 Å². The Balaban J connectivity index is 4.63. The fourth-order valence-corrected chi connectivity index (χ4v) is 2.54. The molecule has 0 saturated carbocycles. The van der Waals surface area contributed by atoms with Crippen molar-refractivity contribution >= 4 is 0 Å². The van der Waals surface area contributed by atoms with Crippen LogP contribution in [0, 0.1) is 12.3 Å². The highest BCUT2D eigenvalue weighted by Gasteiger charge is 2.35. The molecule has 0 radical (unpaired) electrons. The first-order valence-corrected chi connectivity index (χ1v) is 7.01. The standard InChI is InChI=1S/C15H29NO/c1-6-11-12-13-14(16-9-4)15(7-2,8-3)17-10-5/h1,14,16H,7-13H2,2-5H3. The monoisotopic (exact) mass is 239 g/mol. The van der Waals surface area contributed by atoms with Gasteiger partial charge in [-0.3, -0.25) is 0 Å². The molecule has 0 rings (SSSR count). The molecule has 0 aliphatic carbocycles. The Morgan fingerprint density at radius 1 is 1.24 bits per heavy atom. The Kier molecular flexibility index (Phi) is 9.21. The highest BCUT2D eigenvalue weighted by molar-refractivity contribution is 4.93. The molecule has 17 heavy (non-hydrogen) atoms. The van der Waals surface area contributed by atoms with Gasteiger partial charge in [-0.2, -0.15) is 0 Å². The summed E-state index contributed by atoms with van der Waals surface area (Å²) in [6.07, 6.45) is 10.4. The van der Waals surface area contributed by atoms with Gasteiger partial charge < -0.3 is 10.1 Å². The van der Waals surface area contributed by atoms with E-state index in [4.69, 9.17) is 11.2 Å². The van der Waals surface area contributed by atoms with Gasteiger partial charge in [-0.25, -0.2) is 0 Å². The van der Waals surface area contributed by atoms with E-state index in [0.29, 0.717) is 6.04 Å². The van der Waals surface area contributed by atoms with Crippen LogP contribution in [0.5, 0.6) is 0 Å². The Bertz CT molecular complexity index is 215. The minimum Gasteiger partial charge on any atom is -0.374 e. The molecule has 0 aliphatic rings. The summed E-state index contributed by atoms with van der Waals surface area (Å²) in [5, 5.41) is 3.58. The number of rotatable bonds is 10. The summed E-state index contributed by atoms with van der Waals surface area (Å²) in [5.74, 6) is 2.72. The molecule has 0 aromatic rings. The van der Waals surface area contributed by atoms with Crippen LogP contribution >= 0.6 is 0 Å². The second-order valence-electron chi connectivity index (χ2n) is 4.41. The van der Waals surface area contributed by atoms with Gasteiger partial charge in [-0.15, -0.1) is 12.3 Å². The fraction of sp³-hybridized carbons (Fsp3) is 0.867. The van der Waals surface area contributed by atoms with Crippen LogP contribution in [0.25, 0.3) is 0 Å². The minimum atomic E-state index is -0.0284. The Morgan fingerprint density at radius 2 is 1.88 bits per heavy atom. The number of terminal acetylenes is 1. The van der Waals surface area contributed by atoms with Gasteiger partial charge in [0.2, 0.25) is 0 Å². The molecule has 1 unspecified atom stereocenters. The molecule has 1 N–H and O–H groups in total. The van der Waals surface area contributed by atoms with Crippen LogP contribution in [0.4, 0.5) is 0 Å². The minimum absolute atomic E-state index is 0.0284. The number of likely N-dealkylation sites (N-methyl/N-ethyl adjacent to an activating group) is 1. The maximum Gasteiger partial charge on any atom is 0.0829 e. The highest BCUT2D eigenvalue weighted by atomic mass is 16.5. The van der Waals surface area contributed by atoms with Crippen molar-refractivity contribution < 1.29 is 4.74 Å². The lowest BCUT2D eigenvalue weighted by atomic mass is 9.85. The Hall–Kier alpha value is -0.520. The zero-order chi connectivity index (χ0) is 13.1. The zero-order valence-corrected chi connectivity index (χ0v) is 12.0. The number of unbranched alkanes of at least 4 members (excludes halogenated alkanes) is 1. The van der Waals surface area contributed by atoms with E-state index >= 15 is 0 Å². The number of ether oxygens (including phenoxy) is 1. The third-order valence-corrected chi connectivity index (χ3v) is 3.53. The van der Waals surface area contributed by atoms with Crippen LogP contribution in [0.1, 0.15) is 59.8 Å². The summed E-state index contributed by atoms with van der Waals surface area (Å²) >= 11 is 0. The quantitative estimate of drug-likeness (QED) is 0.466. The van der Waals surface area contributed by atoms with Gasteiger partial charge in [-0.05, 0) is 39.2 Å². The first-order valence-electron chi connectivity index (χ1n) is 7.01. The van der Waals surface area contributed by atoms with Gasteiger partial charge in [0.15, 0.2) is 0 Å². The Morgan fingerprint density at radius 3 is 2.29 bits per heavy atom. The SMILES string of the molecule is C#CCCCC(NCC)C(CC)(CC)OCC. The predicted molar refractivity (Wildman–Crippen MR) is 75.1 cm³/mol. The van der Waals surface area contributed by atoms with Gasteiger partial charge in [-0.1, -0.05) is 20.8 Å². The van der Waals surface area contributed by atoms with Crippen LogP contribution in [0.15, 0.2) is 0 Å². The largest absolute Gasteiger partial charge is 0.374 e. The average molecular weight is 239 g/mol. The maximum absolute atomic E-state index is 6.06. The van der Waals surface area contributed by atoms with Crippen molar-refractivity contribution in [2.75, 3.05) is 13.2 Å². The number of hydrogen-bond donors (Lipinski definition) is 1. The van der Waals surface area contributed by atoms with Gasteiger partial charge in [0.05, 0.1) is 5.60 Å². The summed E-state index contributed by atoms with van der Waals surface area (Å²) in [6.45, 7) is 10.4. The highest BCUT2D eigenvalue weighted by Crippen LogP contribution is 2.28. The molecule has 0 aliphatic heterocycles. The smallest absolute Gasteiger partial charge is 0.0829 e. The summed E-state index contributed by atoms with van der Waals surface area (Å²) in [7, 11) is 0. The Labute approximate surface area is 108 Å². The molecule has 2 nitrogen and oxygen atoms in total. The van der Waals surface area contributed by atoms with Gasteiger partial charge in [0, 0.05) is 19.1 Å². The molecule has 100 valence electrons. The second kappa shape index (κ2) is 9.50. The molecule has 0 bridgehead atoms. The van der Waals surface area contributed by atoms with E-state index in [9.17, 15) is 0 Å². The van der Waals surface area contributed by atoms with Crippen molar-refractivity contribution in [3.8, 4) is 12.3 Å². The van der Waals surface area contributed by atoms with Gasteiger partial charge >= 0.3 is 0 Å². The van der Waals surface area contributed by atoms with Gasteiger partial charge in [0.25, 0.3) is 0 Å². The van der Waals surface area contributed by atoms with E-state index in [1.165, 1.54) is 0 Å². The molecule has 1 atom stereocenters. The van der Waals surface area contributed by atoms with Gasteiger partial charge in [0.1, 0.15) is 0 Å². The van der Waals surface area contributed by atoms with E-state index < -0.39 is 0 Å². The topological polar surface area (TPSA) is 21.3 Å². The molecule has 0 saturated heterocycles. The third-order valence-electron chi connectivity index (χ3n) is 3.53. The molecule has 0 fully saturated rings. The molecule has 0 aromatic carbocycles. The molecule has 0 heterocycles. The lowest BCUT2D eigenvalue weighted by Gasteiger charge is -2.40. The van der Waals surface area contributed by atoms with Crippen molar-refractivity contribution in [3.05, 3.63) is 0 Å². The second-order valence-corrected chi connectivity index (χ2v) is 4.41. The first kappa shape index (κ1) is 16.5. The normalized spacial score (nSPS) is 13.4. The van der Waals surface area contributed by atoms with Crippen LogP contribution < -0.4 is 5.32 Å². The van der Waals surface area contributed by atoms with Crippen molar-refractivity contribution in [1.82, 2.24) is 5.32 Å². The van der Waals surface area contributed by atoms with E-state index in [2.05, 4.69) is 38.9 Å². The van der Waals surface area contributed by atoms with Crippen molar-refractivity contribution in [1.29, 1.82) is 0 Å². The molecular formula is C15H29NO. The molecule has 0 amide bonds. The maximum atomic E-state index is 6.06. The number of hydrogen-bond acceptors (Lipinski definition) is 2. The molecule has 0 aromatic heterocycles. The van der Waals surface area contributed by atoms with Crippen molar-refractivity contribution in [3.63, 3.8) is 0 Å². The molecule has 2 heteroatoms. The van der Waals surface area contributed by atoms with E-state index in [0.717, 1.165) is 45.3 Å². The predicted octanol–water partition coefficient (Wildman–Crippen LogP) is 3.36. The fourth-order valence-electron chi connectivity index (χ4n) is 2.54. The molecule has 0 spiro atoms. The average Bonchev–Trinajstić information content (AvgIpc) is 2.35. The summed E-state index contributed by atoms with van der Waals surface area (Å²) in [4.78, 5) is 0. The van der Waals surface area contributed by atoms with Crippen molar-refractivity contribution in [2.45, 2.75) is 71.4 Å². The third kappa shape index (κ3) is 5.10. The van der Waals surface area contributed by atoms with Crippen LogP contribution in [-0.2, 0) is 4.74 Å². The lowest BCUT2D eigenvalue weighted by molar-refractivity contribution is -0.0737. The van der Waals surface area contributed by atoms with E-state index in [1.807, 2.05) is 0 Å². The summed E-state index contributed by atoms with van der Waals surface area (Å²) in [6, 6.07) is 0.413. The van der Waals surface area contributed by atoms with Crippen LogP contribution in [-0.4, -0.2) is 24.8 Å². The number of nitrogens with one attached hydrogen (secondary N) is 1. The summed E-state index contributed by atoms with van der Waals surface area (Å²) in [5.41, 5.74) is -0.0284. The molecular weight excluding hydrogens is 210 g/mol. The van der Waals surface area contributed by atoms with E-state index in [1.54, 1.807) is 0 Å². The van der Waals surface area contributed by atoms with E-state index in [-0.39, 0.29) is 5.60 Å².